The molecule has 3 nitrogen and oxygen atoms in total. The van der Waals surface area contributed by atoms with Gasteiger partial charge in [-0.25, -0.2) is 4.98 Å². The van der Waals surface area contributed by atoms with Gasteiger partial charge in [0.1, 0.15) is 5.82 Å². The van der Waals surface area contributed by atoms with Gasteiger partial charge >= 0.3 is 0 Å². The highest BCUT2D eigenvalue weighted by Gasteiger charge is 2.45. The van der Waals surface area contributed by atoms with E-state index in [9.17, 15) is 0 Å². The lowest BCUT2D eigenvalue weighted by molar-refractivity contribution is 0.795. The molecule has 2 atom stereocenters. The largest absolute Gasteiger partial charge is 0.356 e. The normalized spacial score (nSPS) is 29.1. The van der Waals surface area contributed by atoms with E-state index in [2.05, 4.69) is 16.0 Å². The van der Waals surface area contributed by atoms with Gasteiger partial charge in [0.15, 0.2) is 0 Å². The Morgan fingerprint density at radius 2 is 2.21 bits per heavy atom. The highest BCUT2D eigenvalue weighted by atomic mass is 15.2. The van der Waals surface area contributed by atoms with Crippen LogP contribution in [0.25, 0.3) is 0 Å². The van der Waals surface area contributed by atoms with Crippen LogP contribution in [0.1, 0.15) is 12.0 Å². The third-order valence-corrected chi connectivity index (χ3v) is 3.37. The van der Waals surface area contributed by atoms with Crippen LogP contribution in [0.5, 0.6) is 0 Å². The van der Waals surface area contributed by atoms with Crippen molar-refractivity contribution >= 4 is 5.82 Å². The molecular formula is C11H15N3. The van der Waals surface area contributed by atoms with E-state index in [0.717, 1.165) is 17.7 Å². The fourth-order valence-electron chi connectivity index (χ4n) is 2.45. The summed E-state index contributed by atoms with van der Waals surface area (Å²) in [7, 11) is 0. The number of aromatic nitrogens is 1. The summed E-state index contributed by atoms with van der Waals surface area (Å²) in [6, 6.07) is 4.04. The Morgan fingerprint density at radius 1 is 1.43 bits per heavy atom. The second-order valence-corrected chi connectivity index (χ2v) is 4.35. The summed E-state index contributed by atoms with van der Waals surface area (Å²) in [6.07, 6.45) is 3.29. The van der Waals surface area contributed by atoms with Crippen LogP contribution >= 0.6 is 0 Å². The van der Waals surface area contributed by atoms with E-state index in [1.165, 1.54) is 25.1 Å². The van der Waals surface area contributed by atoms with Gasteiger partial charge in [-0.1, -0.05) is 6.07 Å². The molecular weight excluding hydrogens is 174 g/mol. The second kappa shape index (κ2) is 2.95. The summed E-state index contributed by atoms with van der Waals surface area (Å²) in [6.45, 7) is 2.97. The molecule has 0 radical (unpaired) electrons. The average molecular weight is 189 g/mol. The molecule has 1 aromatic rings. The Kier molecular flexibility index (Phi) is 1.74. The van der Waals surface area contributed by atoms with Crippen molar-refractivity contribution in [2.24, 2.45) is 17.6 Å². The van der Waals surface area contributed by atoms with E-state index in [-0.39, 0.29) is 0 Å². The van der Waals surface area contributed by atoms with Crippen LogP contribution in [-0.4, -0.2) is 18.1 Å². The number of piperidine rings is 1. The molecule has 1 saturated heterocycles. The van der Waals surface area contributed by atoms with Crippen LogP contribution in [-0.2, 0) is 6.54 Å². The number of pyridine rings is 1. The Labute approximate surface area is 83.9 Å². The first-order valence-corrected chi connectivity index (χ1v) is 5.27. The quantitative estimate of drug-likeness (QED) is 0.754. The van der Waals surface area contributed by atoms with Crippen molar-refractivity contribution in [3.63, 3.8) is 0 Å². The minimum atomic E-state index is 0.592. The predicted octanol–water partition coefficient (Wildman–Crippen LogP) is 0.996. The van der Waals surface area contributed by atoms with Gasteiger partial charge in [-0.05, 0) is 24.3 Å². The van der Waals surface area contributed by atoms with Gasteiger partial charge in [0.25, 0.3) is 0 Å². The summed E-state index contributed by atoms with van der Waals surface area (Å²) < 4.78 is 0. The van der Waals surface area contributed by atoms with Gasteiger partial charge < -0.3 is 10.6 Å². The van der Waals surface area contributed by atoms with Gasteiger partial charge in [-0.15, -0.1) is 0 Å². The van der Waals surface area contributed by atoms with Crippen molar-refractivity contribution in [1.29, 1.82) is 0 Å². The molecule has 1 aromatic heterocycles. The van der Waals surface area contributed by atoms with Gasteiger partial charge in [-0.2, -0.15) is 0 Å². The number of fused-ring (bicyclic) bond motifs is 1. The Balaban J connectivity index is 1.87. The number of hydrogen-bond acceptors (Lipinski definition) is 3. The fraction of sp³-hybridized carbons (Fsp3) is 0.545. The zero-order valence-corrected chi connectivity index (χ0v) is 8.19. The average Bonchev–Trinajstić information content (AvgIpc) is 2.86. The molecule has 1 aliphatic carbocycles. The minimum absolute atomic E-state index is 0.592. The van der Waals surface area contributed by atoms with Gasteiger partial charge in [0.2, 0.25) is 0 Å². The number of nitrogens with zero attached hydrogens (tertiary/aromatic N) is 2. The summed E-state index contributed by atoms with van der Waals surface area (Å²) in [5.74, 6) is 3.01. The van der Waals surface area contributed by atoms with Crippen molar-refractivity contribution in [3.8, 4) is 0 Å². The van der Waals surface area contributed by atoms with E-state index in [0.29, 0.717) is 6.54 Å². The lowest BCUT2D eigenvalue weighted by Gasteiger charge is -2.21. The lowest BCUT2D eigenvalue weighted by atomic mass is 10.2. The molecule has 2 N–H and O–H groups in total. The van der Waals surface area contributed by atoms with Crippen molar-refractivity contribution in [2.45, 2.75) is 13.0 Å². The van der Waals surface area contributed by atoms with Crippen LogP contribution in [0.4, 0.5) is 5.82 Å². The molecule has 2 unspecified atom stereocenters. The zero-order chi connectivity index (χ0) is 9.54. The predicted molar refractivity (Wildman–Crippen MR) is 55.9 cm³/mol. The molecule has 3 heteroatoms. The van der Waals surface area contributed by atoms with Crippen molar-refractivity contribution < 1.29 is 0 Å². The number of rotatable bonds is 2. The number of hydrogen-bond donors (Lipinski definition) is 1. The molecule has 0 amide bonds. The van der Waals surface area contributed by atoms with Crippen LogP contribution in [0.2, 0.25) is 0 Å². The summed E-state index contributed by atoms with van der Waals surface area (Å²) in [4.78, 5) is 6.82. The molecule has 2 fully saturated rings. The summed E-state index contributed by atoms with van der Waals surface area (Å²) in [5.41, 5.74) is 6.87. The molecule has 3 rings (SSSR count). The van der Waals surface area contributed by atoms with Crippen LogP contribution < -0.4 is 10.6 Å². The molecule has 1 aliphatic heterocycles. The van der Waals surface area contributed by atoms with Crippen LogP contribution in [0, 0.1) is 11.8 Å². The molecule has 2 heterocycles. The molecule has 2 aliphatic rings. The van der Waals surface area contributed by atoms with Gasteiger partial charge in [-0.3, -0.25) is 0 Å². The van der Waals surface area contributed by atoms with Gasteiger partial charge in [0, 0.05) is 31.4 Å². The van der Waals surface area contributed by atoms with E-state index >= 15 is 0 Å². The smallest absolute Gasteiger partial charge is 0.133 e. The Morgan fingerprint density at radius 3 is 2.93 bits per heavy atom. The Bertz CT molecular complexity index is 340. The van der Waals surface area contributed by atoms with Crippen molar-refractivity contribution in [3.05, 3.63) is 23.9 Å². The van der Waals surface area contributed by atoms with E-state index in [1.54, 1.807) is 0 Å². The third kappa shape index (κ3) is 1.20. The van der Waals surface area contributed by atoms with Crippen molar-refractivity contribution in [1.82, 2.24) is 4.98 Å². The highest BCUT2D eigenvalue weighted by molar-refractivity contribution is 5.48. The summed E-state index contributed by atoms with van der Waals surface area (Å²) in [5, 5.41) is 0. The van der Waals surface area contributed by atoms with Gasteiger partial charge in [0.05, 0.1) is 0 Å². The monoisotopic (exact) mass is 189 g/mol. The molecule has 0 bridgehead atoms. The maximum atomic E-state index is 5.70. The molecule has 74 valence electrons. The molecule has 1 saturated carbocycles. The molecule has 14 heavy (non-hydrogen) atoms. The van der Waals surface area contributed by atoms with Crippen LogP contribution in [0.15, 0.2) is 18.3 Å². The molecule has 0 spiro atoms. The lowest BCUT2D eigenvalue weighted by Crippen LogP contribution is -2.24. The first-order valence-electron chi connectivity index (χ1n) is 5.27. The summed E-state index contributed by atoms with van der Waals surface area (Å²) >= 11 is 0. The van der Waals surface area contributed by atoms with E-state index in [4.69, 9.17) is 5.73 Å². The zero-order valence-electron chi connectivity index (χ0n) is 8.19. The SMILES string of the molecule is NCc1cccnc1N1CC2CC2C1. The number of nitrogens with two attached hydrogens (primary N) is 1. The second-order valence-electron chi connectivity index (χ2n) is 4.35. The van der Waals surface area contributed by atoms with Crippen molar-refractivity contribution in [2.75, 3.05) is 18.0 Å². The van der Waals surface area contributed by atoms with E-state index in [1.807, 2.05) is 12.3 Å². The maximum absolute atomic E-state index is 5.70. The topological polar surface area (TPSA) is 42.1 Å². The number of anilines is 1. The Hall–Kier alpha value is -1.09. The minimum Gasteiger partial charge on any atom is -0.356 e. The first kappa shape index (κ1) is 8.24. The standard InChI is InChI=1S/C11H15N3/c12-5-8-2-1-3-13-11(8)14-6-9-4-10(9)7-14/h1-3,9-10H,4-7,12H2. The fourth-order valence-corrected chi connectivity index (χ4v) is 2.45. The molecule has 0 aromatic carbocycles. The van der Waals surface area contributed by atoms with E-state index < -0.39 is 0 Å². The highest BCUT2D eigenvalue weighted by Crippen LogP contribution is 2.46. The maximum Gasteiger partial charge on any atom is 0.133 e. The van der Waals surface area contributed by atoms with Crippen LogP contribution in [0.3, 0.4) is 0 Å². The third-order valence-electron chi connectivity index (χ3n) is 3.37. The first-order chi connectivity index (χ1) is 6.88.